The molecule has 0 aromatic heterocycles. The number of non-ortho nitro benzene ring substituents is 1. The quantitative estimate of drug-likeness (QED) is 0.392. The van der Waals surface area contributed by atoms with Crippen molar-refractivity contribution in [1.29, 1.82) is 0 Å². The molecule has 0 radical (unpaired) electrons. The SMILES string of the molecule is Cc1ccc(N)c(SCc2ccc([N+](=O)[O-])cc2Cl)c1. The molecule has 0 aliphatic rings. The van der Waals surface area contributed by atoms with Crippen molar-refractivity contribution in [3.8, 4) is 0 Å². The molecule has 0 aliphatic carbocycles. The lowest BCUT2D eigenvalue weighted by Crippen LogP contribution is -1.92. The molecule has 0 aliphatic heterocycles. The van der Waals surface area contributed by atoms with E-state index in [0.29, 0.717) is 10.8 Å². The highest BCUT2D eigenvalue weighted by molar-refractivity contribution is 7.98. The van der Waals surface area contributed by atoms with Crippen LogP contribution in [0.2, 0.25) is 5.02 Å². The summed E-state index contributed by atoms with van der Waals surface area (Å²) >= 11 is 7.63. The summed E-state index contributed by atoms with van der Waals surface area (Å²) in [6.45, 7) is 2.00. The average molecular weight is 309 g/mol. The molecule has 20 heavy (non-hydrogen) atoms. The Bertz CT molecular complexity index is 662. The monoisotopic (exact) mass is 308 g/mol. The number of thioether (sulfide) groups is 1. The Labute approximate surface area is 126 Å². The third-order valence-electron chi connectivity index (χ3n) is 2.80. The van der Waals surface area contributed by atoms with Crippen molar-refractivity contribution in [1.82, 2.24) is 0 Å². The van der Waals surface area contributed by atoms with Crippen LogP contribution in [0, 0.1) is 17.0 Å². The number of benzene rings is 2. The summed E-state index contributed by atoms with van der Waals surface area (Å²) in [5, 5.41) is 11.1. The third kappa shape index (κ3) is 3.43. The normalized spacial score (nSPS) is 10.5. The Morgan fingerprint density at radius 3 is 2.70 bits per heavy atom. The largest absolute Gasteiger partial charge is 0.398 e. The first-order valence-corrected chi connectivity index (χ1v) is 7.25. The predicted octanol–water partition coefficient (Wildman–Crippen LogP) is 4.43. The minimum atomic E-state index is -0.457. The number of aryl methyl sites for hydroxylation is 1. The molecule has 0 saturated heterocycles. The van der Waals surface area contributed by atoms with Crippen molar-refractivity contribution in [3.05, 3.63) is 62.7 Å². The Hall–Kier alpha value is -1.72. The molecule has 2 rings (SSSR count). The van der Waals surface area contributed by atoms with E-state index in [-0.39, 0.29) is 5.69 Å². The number of halogens is 1. The van der Waals surface area contributed by atoms with E-state index in [0.717, 1.165) is 21.7 Å². The highest BCUT2D eigenvalue weighted by Crippen LogP contribution is 2.32. The second-order valence-electron chi connectivity index (χ2n) is 4.36. The lowest BCUT2D eigenvalue weighted by molar-refractivity contribution is -0.384. The van der Waals surface area contributed by atoms with Crippen LogP contribution in [0.15, 0.2) is 41.3 Å². The highest BCUT2D eigenvalue weighted by Gasteiger charge is 2.10. The summed E-state index contributed by atoms with van der Waals surface area (Å²) in [6, 6.07) is 10.4. The standard InChI is InChI=1S/C14H13ClN2O2S/c1-9-2-5-13(16)14(6-9)20-8-10-3-4-11(17(18)19)7-12(10)15/h2-7H,8,16H2,1H3. The van der Waals surface area contributed by atoms with Gasteiger partial charge in [-0.2, -0.15) is 0 Å². The molecule has 4 nitrogen and oxygen atoms in total. The van der Waals surface area contributed by atoms with Crippen molar-refractivity contribution in [2.24, 2.45) is 0 Å². The van der Waals surface area contributed by atoms with E-state index < -0.39 is 4.92 Å². The summed E-state index contributed by atoms with van der Waals surface area (Å²) in [4.78, 5) is 11.2. The van der Waals surface area contributed by atoms with Crippen LogP contribution in [0.5, 0.6) is 0 Å². The zero-order valence-electron chi connectivity index (χ0n) is 10.8. The smallest absolute Gasteiger partial charge is 0.270 e. The van der Waals surface area contributed by atoms with Gasteiger partial charge in [0.15, 0.2) is 0 Å². The number of hydrogen-bond donors (Lipinski definition) is 1. The van der Waals surface area contributed by atoms with Gasteiger partial charge in [0.1, 0.15) is 0 Å². The van der Waals surface area contributed by atoms with Crippen LogP contribution in [-0.2, 0) is 5.75 Å². The number of nitrogens with two attached hydrogens (primary N) is 1. The van der Waals surface area contributed by atoms with E-state index in [2.05, 4.69) is 0 Å². The van der Waals surface area contributed by atoms with Crippen LogP contribution < -0.4 is 5.73 Å². The lowest BCUT2D eigenvalue weighted by atomic mass is 10.2. The van der Waals surface area contributed by atoms with Crippen LogP contribution in [0.3, 0.4) is 0 Å². The predicted molar refractivity (Wildman–Crippen MR) is 83.3 cm³/mol. The van der Waals surface area contributed by atoms with Crippen molar-refractivity contribution in [3.63, 3.8) is 0 Å². The van der Waals surface area contributed by atoms with Crippen molar-refractivity contribution < 1.29 is 4.92 Å². The van der Waals surface area contributed by atoms with Crippen molar-refractivity contribution in [2.45, 2.75) is 17.6 Å². The Morgan fingerprint density at radius 1 is 1.30 bits per heavy atom. The topological polar surface area (TPSA) is 69.2 Å². The molecule has 2 aromatic rings. The molecule has 6 heteroatoms. The van der Waals surface area contributed by atoms with Crippen molar-refractivity contribution in [2.75, 3.05) is 5.73 Å². The highest BCUT2D eigenvalue weighted by atomic mass is 35.5. The first-order valence-electron chi connectivity index (χ1n) is 5.89. The van der Waals surface area contributed by atoms with Gasteiger partial charge in [0.25, 0.3) is 5.69 Å². The number of nitrogen functional groups attached to an aromatic ring is 1. The first-order chi connectivity index (χ1) is 9.47. The maximum atomic E-state index is 10.7. The minimum absolute atomic E-state index is 0.00109. The number of rotatable bonds is 4. The maximum absolute atomic E-state index is 10.7. The number of hydrogen-bond acceptors (Lipinski definition) is 4. The van der Waals surface area contributed by atoms with Crippen LogP contribution in [0.1, 0.15) is 11.1 Å². The summed E-state index contributed by atoms with van der Waals surface area (Å²) in [5.41, 5.74) is 8.62. The molecule has 0 unspecified atom stereocenters. The molecule has 2 N–H and O–H groups in total. The van der Waals surface area contributed by atoms with E-state index in [4.69, 9.17) is 17.3 Å². The van der Waals surface area contributed by atoms with E-state index in [1.165, 1.54) is 12.1 Å². The van der Waals surface area contributed by atoms with Gasteiger partial charge < -0.3 is 5.73 Å². The molecule has 0 heterocycles. The molecule has 0 bridgehead atoms. The van der Waals surface area contributed by atoms with E-state index in [1.54, 1.807) is 17.8 Å². The van der Waals surface area contributed by atoms with Crippen LogP contribution >= 0.6 is 23.4 Å². The minimum Gasteiger partial charge on any atom is -0.398 e. The van der Waals surface area contributed by atoms with Crippen LogP contribution in [-0.4, -0.2) is 4.92 Å². The summed E-state index contributed by atoms with van der Waals surface area (Å²) < 4.78 is 0. The van der Waals surface area contributed by atoms with Crippen molar-refractivity contribution >= 4 is 34.7 Å². The van der Waals surface area contributed by atoms with Crippen LogP contribution in [0.4, 0.5) is 11.4 Å². The molecular formula is C14H13ClN2O2S. The van der Waals surface area contributed by atoms with Gasteiger partial charge in [-0.1, -0.05) is 17.7 Å². The summed E-state index contributed by atoms with van der Waals surface area (Å²) in [5.74, 6) is 0.616. The third-order valence-corrected chi connectivity index (χ3v) is 4.27. The molecular weight excluding hydrogens is 296 g/mol. The zero-order valence-corrected chi connectivity index (χ0v) is 12.4. The van der Waals surface area contributed by atoms with Gasteiger partial charge >= 0.3 is 0 Å². The Morgan fingerprint density at radius 2 is 2.05 bits per heavy atom. The van der Waals surface area contributed by atoms with Gasteiger partial charge in [0.2, 0.25) is 0 Å². The van der Waals surface area contributed by atoms with E-state index >= 15 is 0 Å². The second kappa shape index (κ2) is 6.15. The van der Waals surface area contributed by atoms with Crippen LogP contribution in [0.25, 0.3) is 0 Å². The molecule has 0 spiro atoms. The van der Waals surface area contributed by atoms with Gasteiger partial charge in [-0.3, -0.25) is 10.1 Å². The van der Waals surface area contributed by atoms with Gasteiger partial charge in [-0.25, -0.2) is 0 Å². The zero-order chi connectivity index (χ0) is 14.7. The second-order valence-corrected chi connectivity index (χ2v) is 5.79. The fourth-order valence-electron chi connectivity index (χ4n) is 1.69. The molecule has 0 atom stereocenters. The Balaban J connectivity index is 2.15. The number of nitro benzene ring substituents is 1. The van der Waals surface area contributed by atoms with E-state index in [1.807, 2.05) is 25.1 Å². The Kier molecular flexibility index (Phi) is 4.52. The van der Waals surface area contributed by atoms with Gasteiger partial charge in [-0.15, -0.1) is 11.8 Å². The lowest BCUT2D eigenvalue weighted by Gasteiger charge is -2.08. The fraction of sp³-hybridized carbons (Fsp3) is 0.143. The first kappa shape index (κ1) is 14.7. The molecule has 0 saturated carbocycles. The fourth-order valence-corrected chi connectivity index (χ4v) is 3.08. The number of nitrogens with zero attached hydrogens (tertiary/aromatic N) is 1. The molecule has 0 fully saturated rings. The summed E-state index contributed by atoms with van der Waals surface area (Å²) in [7, 11) is 0. The van der Waals surface area contributed by atoms with Gasteiger partial charge in [0.05, 0.1) is 9.95 Å². The molecule has 104 valence electrons. The summed E-state index contributed by atoms with van der Waals surface area (Å²) in [6.07, 6.45) is 0. The molecule has 0 amide bonds. The maximum Gasteiger partial charge on any atom is 0.270 e. The number of anilines is 1. The molecule has 2 aromatic carbocycles. The van der Waals surface area contributed by atoms with E-state index in [9.17, 15) is 10.1 Å². The van der Waals surface area contributed by atoms with Gasteiger partial charge in [0, 0.05) is 28.5 Å². The average Bonchev–Trinajstić information content (AvgIpc) is 2.40. The van der Waals surface area contributed by atoms with Gasteiger partial charge in [-0.05, 0) is 36.2 Å². The number of nitro groups is 1.